The maximum Gasteiger partial charge on any atom is 0.299 e. The molecule has 0 radical (unpaired) electrons. The third kappa shape index (κ3) is 12.4. The number of anilines is 3. The Hall–Kier alpha value is -6.38. The second-order valence-corrected chi connectivity index (χ2v) is 31.2. The highest BCUT2D eigenvalue weighted by atomic mass is 32.1. The Labute approximate surface area is 549 Å². The van der Waals surface area contributed by atoms with E-state index in [1.165, 1.54) is 217 Å². The molecule has 2 aliphatic carbocycles. The third-order valence-electron chi connectivity index (χ3n) is 19.2. The van der Waals surface area contributed by atoms with E-state index in [0.717, 1.165) is 43.4 Å². The van der Waals surface area contributed by atoms with Crippen LogP contribution in [-0.4, -0.2) is 6.47 Å². The van der Waals surface area contributed by atoms with Crippen LogP contribution < -0.4 is 4.90 Å². The molecule has 0 unspecified atom stereocenters. The topological polar surface area (TPSA) is 53.3 Å². The number of nitrogens with zero attached hydrogens (tertiary/aromatic N) is 2. The third-order valence-corrected chi connectivity index (χ3v) is 25.8. The molecular weight excluding hydrogens is 1180 g/mol. The average Bonchev–Trinajstić information content (AvgIpc) is 1.68. The van der Waals surface area contributed by atoms with E-state index in [9.17, 15) is 10.1 Å². The summed E-state index contributed by atoms with van der Waals surface area (Å²) in [5, 5.41) is 11.2. The van der Waals surface area contributed by atoms with Crippen LogP contribution in [0, 0.1) is 11.3 Å². The number of thiophene rings is 5. The average molecular weight is 1270 g/mol. The SMILES string of the molecule is CCCCCCc1c(C=Cc2sc3c(CCCCCC)c(-c4cc5ccc(N(c6ccc7c(c6)C(C)(C)c6ccccc6-7)c6ccc7c(c6)C(C)(C)c6ccccc6-7)cc5s4)sc3c2CCCCCC)sc2c(CCCCCC)c(C=C(C#N)OC=O)sc12. The highest BCUT2D eigenvalue weighted by molar-refractivity contribution is 7.33. The van der Waals surface area contributed by atoms with E-state index in [4.69, 9.17) is 4.74 Å². The molecule has 0 N–H and O–H groups in total. The molecule has 2 aliphatic rings. The first-order valence-electron chi connectivity index (χ1n) is 33.3. The lowest BCUT2D eigenvalue weighted by Crippen LogP contribution is -2.18. The molecule has 0 aliphatic heterocycles. The minimum absolute atomic E-state index is 0.0543. The van der Waals surface area contributed by atoms with E-state index in [1.54, 1.807) is 16.9 Å². The predicted octanol–water partition coefficient (Wildman–Crippen LogP) is 25.9. The van der Waals surface area contributed by atoms with Crippen LogP contribution in [0.15, 0.2) is 115 Å². The first kappa shape index (κ1) is 62.8. The second-order valence-electron chi connectivity index (χ2n) is 25.9. The zero-order chi connectivity index (χ0) is 61.8. The van der Waals surface area contributed by atoms with Gasteiger partial charge in [-0.1, -0.05) is 199 Å². The van der Waals surface area contributed by atoms with Crippen molar-refractivity contribution in [3.05, 3.63) is 174 Å². The van der Waals surface area contributed by atoms with E-state index >= 15 is 0 Å². The van der Waals surface area contributed by atoms with Gasteiger partial charge in [-0.15, -0.1) is 56.7 Å². The van der Waals surface area contributed by atoms with Crippen LogP contribution in [0.5, 0.6) is 0 Å². The number of rotatable bonds is 29. The Morgan fingerprint density at radius 2 is 0.899 bits per heavy atom. The van der Waals surface area contributed by atoms with Gasteiger partial charge in [0.1, 0.15) is 6.07 Å². The van der Waals surface area contributed by atoms with Crippen LogP contribution in [0.2, 0.25) is 0 Å². The van der Waals surface area contributed by atoms with Crippen LogP contribution in [0.3, 0.4) is 0 Å². The number of nitriles is 1. The van der Waals surface area contributed by atoms with Gasteiger partial charge < -0.3 is 9.64 Å². The number of allylic oxidation sites excluding steroid dienone is 1. The van der Waals surface area contributed by atoms with E-state index in [1.807, 2.05) is 28.7 Å². The maximum atomic E-state index is 11.4. The summed E-state index contributed by atoms with van der Waals surface area (Å²) >= 11 is 9.83. The van der Waals surface area contributed by atoms with E-state index in [0.29, 0.717) is 6.47 Å². The number of aryl methyl sites for hydroxylation is 4. The zero-order valence-electron chi connectivity index (χ0n) is 53.6. The van der Waals surface area contributed by atoms with Gasteiger partial charge in [-0.05, 0) is 178 Å². The molecule has 0 saturated carbocycles. The van der Waals surface area contributed by atoms with Gasteiger partial charge in [0.2, 0.25) is 5.76 Å². The van der Waals surface area contributed by atoms with Gasteiger partial charge >= 0.3 is 0 Å². The van der Waals surface area contributed by atoms with Gasteiger partial charge in [0.15, 0.2) is 0 Å². The van der Waals surface area contributed by atoms with Gasteiger partial charge in [-0.2, -0.15) is 5.26 Å². The number of hydrogen-bond donors (Lipinski definition) is 0. The molecule has 0 amide bonds. The highest BCUT2D eigenvalue weighted by Gasteiger charge is 2.38. The molecule has 12 rings (SSSR count). The maximum absolute atomic E-state index is 11.4. The largest absolute Gasteiger partial charge is 0.417 e. The monoisotopic (exact) mass is 1270 g/mol. The van der Waals surface area contributed by atoms with Crippen molar-refractivity contribution in [3.8, 4) is 38.1 Å². The number of carbonyl (C=O) groups is 1. The summed E-state index contributed by atoms with van der Waals surface area (Å²) in [5.41, 5.74) is 20.0. The highest BCUT2D eigenvalue weighted by Crippen LogP contribution is 2.55. The molecule has 5 aromatic carbocycles. The fourth-order valence-electron chi connectivity index (χ4n) is 14.3. The molecule has 0 bridgehead atoms. The fraction of sp³-hybridized carbons (Fsp3) is 0.375. The Bertz CT molecular complexity index is 4200. The number of ether oxygens (including phenoxy) is 1. The molecule has 5 heterocycles. The molecule has 89 heavy (non-hydrogen) atoms. The molecule has 9 heteroatoms. The smallest absolute Gasteiger partial charge is 0.299 e. The number of hydrogen-bond acceptors (Lipinski definition) is 9. The van der Waals surface area contributed by atoms with E-state index in [2.05, 4.69) is 210 Å². The second kappa shape index (κ2) is 27.6. The normalized spacial score (nSPS) is 13.9. The first-order chi connectivity index (χ1) is 43.4. The molecule has 0 spiro atoms. The van der Waals surface area contributed by atoms with Crippen LogP contribution in [-0.2, 0) is 46.0 Å². The minimum atomic E-state index is -0.128. The van der Waals surface area contributed by atoms with Crippen molar-refractivity contribution in [1.29, 1.82) is 5.26 Å². The van der Waals surface area contributed by atoms with Gasteiger partial charge in [0, 0.05) is 81.9 Å². The Morgan fingerprint density at radius 1 is 0.472 bits per heavy atom. The summed E-state index contributed by atoms with van der Waals surface area (Å²) in [6.45, 7) is 19.1. The van der Waals surface area contributed by atoms with Crippen molar-refractivity contribution in [2.45, 2.75) is 195 Å². The summed E-state index contributed by atoms with van der Waals surface area (Å²) in [7, 11) is 0. The lowest BCUT2D eigenvalue weighted by molar-refractivity contribution is -0.124. The van der Waals surface area contributed by atoms with Crippen LogP contribution >= 0.6 is 56.7 Å². The van der Waals surface area contributed by atoms with E-state index in [-0.39, 0.29) is 16.6 Å². The lowest BCUT2D eigenvalue weighted by Gasteiger charge is -2.29. The molecule has 0 saturated heterocycles. The number of fused-ring (bicyclic) bond motifs is 9. The molecule has 5 aromatic heterocycles. The molecule has 0 fully saturated rings. The van der Waals surface area contributed by atoms with Crippen molar-refractivity contribution >= 4 is 127 Å². The summed E-state index contributed by atoms with van der Waals surface area (Å²) in [6, 6.07) is 44.3. The van der Waals surface area contributed by atoms with Gasteiger partial charge in [-0.3, -0.25) is 4.79 Å². The summed E-state index contributed by atoms with van der Waals surface area (Å²) in [6.07, 6.45) is 30.2. The molecular formula is C80H86N2O2S5. The standard InChI is InChI=1S/C80H86N2O2S5/c1-9-13-17-21-31-61-69(86-76-63(33-23-19-15-11-3)72(88-75(61)76)49-56(50-81)84-51-83)43-44-70-62(32-22-18-14-10-2)77-78(87-70)64(34-24-20-16-12-4)74(89-77)73-45-52-37-38-55(48-71(52)85-73)82(53-39-41-59-57-29-25-27-35-65(57)79(5,6)67(59)46-53)54-40-42-60-58-30-26-28-36-66(58)80(7,8)68(60)47-54/h25-30,35-49,51H,9-24,31-34H2,1-8H3. The number of benzene rings is 5. The lowest BCUT2D eigenvalue weighted by atomic mass is 9.82. The molecule has 0 atom stereocenters. The Balaban J connectivity index is 0.955. The van der Waals surface area contributed by atoms with Crippen molar-refractivity contribution < 1.29 is 9.53 Å². The fourth-order valence-corrected chi connectivity index (χ4v) is 21.4. The van der Waals surface area contributed by atoms with Crippen LogP contribution in [0.1, 0.15) is 217 Å². The van der Waals surface area contributed by atoms with Crippen LogP contribution in [0.4, 0.5) is 17.1 Å². The van der Waals surface area contributed by atoms with Crippen molar-refractivity contribution in [2.24, 2.45) is 0 Å². The zero-order valence-corrected chi connectivity index (χ0v) is 57.7. The van der Waals surface area contributed by atoms with Gasteiger partial charge in [0.05, 0.1) is 0 Å². The molecule has 4 nitrogen and oxygen atoms in total. The van der Waals surface area contributed by atoms with Gasteiger partial charge in [0.25, 0.3) is 6.47 Å². The van der Waals surface area contributed by atoms with Crippen LogP contribution in [0.25, 0.3) is 79.1 Å². The quantitative estimate of drug-likeness (QED) is 0.0203. The van der Waals surface area contributed by atoms with Crippen molar-refractivity contribution in [3.63, 3.8) is 0 Å². The summed E-state index contributed by atoms with van der Waals surface area (Å²) < 4.78 is 12.2. The summed E-state index contributed by atoms with van der Waals surface area (Å²) in [5.74, 6) is 0.0543. The van der Waals surface area contributed by atoms with E-state index < -0.39 is 0 Å². The first-order valence-corrected chi connectivity index (χ1v) is 37.4. The summed E-state index contributed by atoms with van der Waals surface area (Å²) in [4.78, 5) is 20.7. The Morgan fingerprint density at radius 3 is 1.39 bits per heavy atom. The van der Waals surface area contributed by atoms with Gasteiger partial charge in [-0.25, -0.2) is 0 Å². The minimum Gasteiger partial charge on any atom is -0.417 e. The number of unbranched alkanes of at least 4 members (excludes halogenated alkanes) is 12. The predicted molar refractivity (Wildman–Crippen MR) is 391 cm³/mol. The Kier molecular flexibility index (Phi) is 19.5. The van der Waals surface area contributed by atoms with Crippen molar-refractivity contribution in [2.75, 3.05) is 4.90 Å². The molecule has 10 aromatic rings. The number of carbonyl (C=O) groups excluding carboxylic acids is 1. The molecule has 458 valence electrons. The van der Waals surface area contributed by atoms with Crippen molar-refractivity contribution in [1.82, 2.24) is 0 Å².